The van der Waals surface area contributed by atoms with E-state index in [1.807, 2.05) is 26.0 Å². The van der Waals surface area contributed by atoms with Gasteiger partial charge in [-0.1, -0.05) is 38.1 Å². The predicted octanol–water partition coefficient (Wildman–Crippen LogP) is 2.00. The average Bonchev–Trinajstić information content (AvgIpc) is 2.86. The zero-order valence-electron chi connectivity index (χ0n) is 20.0. The lowest BCUT2D eigenvalue weighted by molar-refractivity contribution is -0.159. The molecule has 0 spiro atoms. The molecule has 3 rings (SSSR count). The molecule has 10 nitrogen and oxygen atoms in total. The molecule has 1 heterocycles. The Morgan fingerprint density at radius 3 is 1.77 bits per heavy atom. The number of carboxylic acid groups (broad SMARTS) is 2. The van der Waals surface area contributed by atoms with E-state index in [0.29, 0.717) is 24.5 Å². The number of morpholine rings is 1. The van der Waals surface area contributed by atoms with E-state index in [-0.39, 0.29) is 0 Å². The number of aliphatic carboxylic acids is 2. The minimum atomic E-state index is -3.39. The van der Waals surface area contributed by atoms with Crippen LogP contribution in [-0.4, -0.2) is 74.3 Å². The summed E-state index contributed by atoms with van der Waals surface area (Å²) in [6.45, 7) is 9.59. The first-order valence-electron chi connectivity index (χ1n) is 11.4. The zero-order valence-corrected chi connectivity index (χ0v) is 20.8. The van der Waals surface area contributed by atoms with Gasteiger partial charge in [-0.15, -0.1) is 0 Å². The average molecular weight is 508 g/mol. The highest BCUT2D eigenvalue weighted by Gasteiger charge is 2.21. The molecule has 0 bridgehead atoms. The smallest absolute Gasteiger partial charge is 0.414 e. The second kappa shape index (κ2) is 13.8. The summed E-state index contributed by atoms with van der Waals surface area (Å²) >= 11 is 0. The van der Waals surface area contributed by atoms with Crippen molar-refractivity contribution in [3.05, 3.63) is 59.7 Å². The van der Waals surface area contributed by atoms with Crippen LogP contribution in [0.15, 0.2) is 53.4 Å². The molecular weight excluding hydrogens is 474 g/mol. The first-order valence-corrected chi connectivity index (χ1v) is 12.8. The van der Waals surface area contributed by atoms with Gasteiger partial charge in [0.05, 0.1) is 18.1 Å². The third-order valence-electron chi connectivity index (χ3n) is 5.42. The van der Waals surface area contributed by atoms with Crippen LogP contribution >= 0.6 is 0 Å². The largest absolute Gasteiger partial charge is 0.473 e. The van der Waals surface area contributed by atoms with Crippen molar-refractivity contribution < 1.29 is 33.0 Å². The molecule has 0 aromatic heterocycles. The molecule has 192 valence electrons. The van der Waals surface area contributed by atoms with Crippen LogP contribution in [0.5, 0.6) is 0 Å². The number of ether oxygens (including phenoxy) is 1. The minimum Gasteiger partial charge on any atom is -0.473 e. The molecule has 3 N–H and O–H groups in total. The van der Waals surface area contributed by atoms with Gasteiger partial charge in [0, 0.05) is 45.0 Å². The maximum Gasteiger partial charge on any atom is 0.414 e. The minimum absolute atomic E-state index is 0.351. The summed E-state index contributed by atoms with van der Waals surface area (Å²) in [7, 11) is -3.39. The van der Waals surface area contributed by atoms with Gasteiger partial charge in [-0.2, -0.15) is 4.31 Å². The van der Waals surface area contributed by atoms with E-state index in [0.717, 1.165) is 38.4 Å². The number of nitrogens with zero attached hydrogens (tertiary/aromatic N) is 2. The predicted molar refractivity (Wildman–Crippen MR) is 132 cm³/mol. The van der Waals surface area contributed by atoms with Gasteiger partial charge in [0.15, 0.2) is 0 Å². The van der Waals surface area contributed by atoms with Crippen LogP contribution in [0, 0.1) is 0 Å². The van der Waals surface area contributed by atoms with Crippen molar-refractivity contribution in [1.82, 2.24) is 9.62 Å². The van der Waals surface area contributed by atoms with Gasteiger partial charge in [-0.05, 0) is 35.4 Å². The van der Waals surface area contributed by atoms with Gasteiger partial charge in [0.2, 0.25) is 10.0 Å². The summed E-state index contributed by atoms with van der Waals surface area (Å²) in [6.07, 6.45) is 0. The fourth-order valence-corrected chi connectivity index (χ4v) is 4.95. The molecule has 1 saturated heterocycles. The van der Waals surface area contributed by atoms with Gasteiger partial charge in [0.1, 0.15) is 0 Å². The summed E-state index contributed by atoms with van der Waals surface area (Å²) in [6, 6.07) is 15.8. The molecule has 11 heteroatoms. The fourth-order valence-electron chi connectivity index (χ4n) is 3.49. The zero-order chi connectivity index (χ0) is 25.8. The van der Waals surface area contributed by atoms with E-state index in [4.69, 9.17) is 24.5 Å². The van der Waals surface area contributed by atoms with Gasteiger partial charge in [0.25, 0.3) is 0 Å². The molecule has 0 unspecified atom stereocenters. The molecular formula is C24H33N3O7S. The van der Waals surface area contributed by atoms with Crippen molar-refractivity contribution in [2.45, 2.75) is 31.8 Å². The maximum atomic E-state index is 12.5. The van der Waals surface area contributed by atoms with E-state index in [1.165, 1.54) is 15.6 Å². The highest BCUT2D eigenvalue weighted by Crippen LogP contribution is 2.18. The molecule has 1 fully saturated rings. The normalized spacial score (nSPS) is 13.7. The van der Waals surface area contributed by atoms with Crippen molar-refractivity contribution in [2.24, 2.45) is 0 Å². The van der Waals surface area contributed by atoms with Crippen LogP contribution in [0.2, 0.25) is 0 Å². The topological polar surface area (TPSA) is 136 Å². The van der Waals surface area contributed by atoms with Gasteiger partial charge in [-0.3, -0.25) is 0 Å². The Hall–Kier alpha value is -2.99. The van der Waals surface area contributed by atoms with Crippen LogP contribution in [0.4, 0.5) is 5.69 Å². The molecule has 0 radical (unpaired) electrons. The molecule has 1 aliphatic rings. The van der Waals surface area contributed by atoms with Crippen molar-refractivity contribution in [1.29, 1.82) is 0 Å². The number of rotatable bonds is 9. The Kier molecular flexibility index (Phi) is 11.1. The van der Waals surface area contributed by atoms with Crippen molar-refractivity contribution in [3.8, 4) is 0 Å². The Bertz CT molecular complexity index is 1040. The van der Waals surface area contributed by atoms with Crippen molar-refractivity contribution in [2.75, 3.05) is 44.3 Å². The third kappa shape index (κ3) is 8.62. The Balaban J connectivity index is 0.000000641. The van der Waals surface area contributed by atoms with E-state index in [2.05, 4.69) is 34.5 Å². The SMILES string of the molecule is CCN(CC)S(=O)(=O)c1ccc(CNCc2ccc(N3CCOCC3)cc2)cc1.O=C(O)C(=O)O. The summed E-state index contributed by atoms with van der Waals surface area (Å²) < 4.78 is 32.0. The summed E-state index contributed by atoms with van der Waals surface area (Å²) in [5.74, 6) is -3.65. The number of anilines is 1. The Labute approximate surface area is 206 Å². The Morgan fingerprint density at radius 1 is 0.886 bits per heavy atom. The number of carbonyl (C=O) groups is 2. The van der Waals surface area contributed by atoms with Crippen molar-refractivity contribution in [3.63, 3.8) is 0 Å². The molecule has 35 heavy (non-hydrogen) atoms. The highest BCUT2D eigenvalue weighted by molar-refractivity contribution is 7.89. The van der Waals surface area contributed by atoms with Crippen LogP contribution < -0.4 is 10.2 Å². The van der Waals surface area contributed by atoms with Gasteiger partial charge >= 0.3 is 11.9 Å². The molecule has 0 aliphatic carbocycles. The number of nitrogens with one attached hydrogen (secondary N) is 1. The van der Waals surface area contributed by atoms with Crippen LogP contribution in [0.3, 0.4) is 0 Å². The molecule has 2 aromatic rings. The Morgan fingerprint density at radius 2 is 1.34 bits per heavy atom. The van der Waals surface area contributed by atoms with E-state index < -0.39 is 22.0 Å². The molecule has 1 aliphatic heterocycles. The first-order chi connectivity index (χ1) is 16.7. The van der Waals surface area contributed by atoms with Crippen LogP contribution in [0.1, 0.15) is 25.0 Å². The number of hydrogen-bond donors (Lipinski definition) is 3. The summed E-state index contributed by atoms with van der Waals surface area (Å²) in [5, 5.41) is 18.2. The number of hydrogen-bond acceptors (Lipinski definition) is 7. The quantitative estimate of drug-likeness (QED) is 0.435. The molecule has 2 aromatic carbocycles. The number of carboxylic acids is 2. The van der Waals surface area contributed by atoms with Gasteiger partial charge in [-0.25, -0.2) is 18.0 Å². The van der Waals surface area contributed by atoms with Crippen LogP contribution in [0.25, 0.3) is 0 Å². The highest BCUT2D eigenvalue weighted by atomic mass is 32.2. The third-order valence-corrected chi connectivity index (χ3v) is 7.48. The monoisotopic (exact) mass is 507 g/mol. The lowest BCUT2D eigenvalue weighted by Gasteiger charge is -2.28. The fraction of sp³-hybridized carbons (Fsp3) is 0.417. The summed E-state index contributed by atoms with van der Waals surface area (Å²) in [4.78, 5) is 20.9. The molecule has 0 amide bonds. The van der Waals surface area contributed by atoms with Crippen molar-refractivity contribution >= 4 is 27.6 Å². The standard InChI is InChI=1S/C22H31N3O3S.C2H2O4/c1-3-25(4-2)29(26,27)22-11-7-20(8-12-22)18-23-17-19-5-9-21(10-6-19)24-13-15-28-16-14-24;3-1(4)2(5)6/h5-12,23H,3-4,13-18H2,1-2H3;(H,3,4)(H,5,6). The number of benzene rings is 2. The molecule has 0 atom stereocenters. The maximum absolute atomic E-state index is 12.5. The summed E-state index contributed by atoms with van der Waals surface area (Å²) in [5.41, 5.74) is 3.53. The molecule has 0 saturated carbocycles. The second-order valence-corrected chi connectivity index (χ2v) is 9.65. The number of sulfonamides is 1. The van der Waals surface area contributed by atoms with E-state index in [1.54, 1.807) is 12.1 Å². The van der Waals surface area contributed by atoms with E-state index >= 15 is 0 Å². The first kappa shape index (κ1) is 28.2. The van der Waals surface area contributed by atoms with E-state index in [9.17, 15) is 8.42 Å². The second-order valence-electron chi connectivity index (χ2n) is 7.71. The lowest BCUT2D eigenvalue weighted by atomic mass is 10.1. The van der Waals surface area contributed by atoms with Crippen LogP contribution in [-0.2, 0) is 37.4 Å². The van der Waals surface area contributed by atoms with Gasteiger partial charge < -0.3 is 25.2 Å². The lowest BCUT2D eigenvalue weighted by Crippen LogP contribution is -2.36.